The second kappa shape index (κ2) is 16.6. The quantitative estimate of drug-likeness (QED) is 0.0728. The van der Waals surface area contributed by atoms with Crippen LogP contribution >= 0.6 is 19.6 Å². The van der Waals surface area contributed by atoms with E-state index in [1.165, 1.54) is 0 Å². The van der Waals surface area contributed by atoms with Crippen molar-refractivity contribution in [2.45, 2.75) is 87.6 Å². The molecule has 14 heteroatoms. The van der Waals surface area contributed by atoms with E-state index in [1.54, 1.807) is 0 Å². The maximum absolute atomic E-state index is 12.1. The van der Waals surface area contributed by atoms with Crippen molar-refractivity contribution < 1.29 is 43.1 Å². The van der Waals surface area contributed by atoms with Gasteiger partial charge >= 0.3 is 13.9 Å². The molecule has 5 atom stereocenters. The number of urea groups is 1. The first-order valence-corrected chi connectivity index (χ1v) is 15.1. The van der Waals surface area contributed by atoms with E-state index in [0.29, 0.717) is 30.9 Å². The van der Waals surface area contributed by atoms with Gasteiger partial charge in [0.1, 0.15) is 11.9 Å². The topological polar surface area (TPSA) is 184 Å². The normalized spacial score (nSPS) is 23.4. The average molecular weight is 554 g/mol. The molecule has 0 aromatic carbocycles. The zero-order chi connectivity index (χ0) is 26.4. The number of unbranched alkanes of at least 4 members (excludes halogenated alkanes) is 4. The van der Waals surface area contributed by atoms with Crippen LogP contribution in [0.3, 0.4) is 0 Å². The van der Waals surface area contributed by atoms with Crippen LogP contribution in [0.2, 0.25) is 0 Å². The molecule has 0 bridgehead atoms. The van der Waals surface area contributed by atoms with Crippen molar-refractivity contribution in [1.29, 1.82) is 0 Å². The molecule has 12 nitrogen and oxygen atoms in total. The summed E-state index contributed by atoms with van der Waals surface area (Å²) in [5.41, 5.74) is 0. The van der Waals surface area contributed by atoms with Crippen molar-refractivity contribution >= 4 is 37.3 Å². The molecule has 36 heavy (non-hydrogen) atoms. The lowest BCUT2D eigenvalue weighted by Crippen LogP contribution is -2.36. The van der Waals surface area contributed by atoms with Gasteiger partial charge in [-0.25, -0.2) is 9.36 Å². The van der Waals surface area contributed by atoms with Crippen LogP contribution < -0.4 is 16.0 Å². The zero-order valence-electron chi connectivity index (χ0n) is 20.6. The van der Waals surface area contributed by atoms with Crippen LogP contribution in [0.25, 0.3) is 0 Å². The Morgan fingerprint density at radius 2 is 1.78 bits per heavy atom. The fourth-order valence-electron chi connectivity index (χ4n) is 4.11. The lowest BCUT2D eigenvalue weighted by atomic mass is 10.0. The minimum absolute atomic E-state index is 0.0377. The number of hydrogen-bond donors (Lipinski definition) is 6. The largest absolute Gasteiger partial charge is 0.472 e. The molecule has 2 fully saturated rings. The first kappa shape index (κ1) is 31.0. The number of aliphatic hydroxyl groups excluding tert-OH is 2. The summed E-state index contributed by atoms with van der Waals surface area (Å²) in [6.45, 7) is -1.33. The van der Waals surface area contributed by atoms with E-state index in [-0.39, 0.29) is 43.0 Å². The Kier molecular flexibility index (Phi) is 14.3. The van der Waals surface area contributed by atoms with Gasteiger partial charge in [-0.3, -0.25) is 18.6 Å². The molecule has 2 aliphatic heterocycles. The average Bonchev–Trinajstić information content (AvgIpc) is 3.39. The monoisotopic (exact) mass is 553 g/mol. The summed E-state index contributed by atoms with van der Waals surface area (Å²) in [5.74, 6) is 1.03. The molecular weight excluding hydrogens is 513 g/mol. The Morgan fingerprint density at radius 3 is 2.50 bits per heavy atom. The Hall–Kier alpha value is -1.21. The smallest absolute Gasteiger partial charge is 0.394 e. The van der Waals surface area contributed by atoms with Crippen LogP contribution in [0, 0.1) is 0 Å². The van der Waals surface area contributed by atoms with E-state index in [0.717, 1.165) is 44.3 Å². The molecule has 0 aromatic rings. The van der Waals surface area contributed by atoms with Crippen molar-refractivity contribution in [3.8, 4) is 0 Å². The second-order valence-electron chi connectivity index (χ2n) is 9.10. The predicted octanol–water partition coefficient (Wildman–Crippen LogP) is 1.22. The van der Waals surface area contributed by atoms with Gasteiger partial charge in [0.25, 0.3) is 0 Å². The summed E-state index contributed by atoms with van der Waals surface area (Å²) in [5, 5.41) is 26.7. The summed E-state index contributed by atoms with van der Waals surface area (Å²) >= 11 is 1.89. The predicted molar refractivity (Wildman–Crippen MR) is 134 cm³/mol. The number of carbonyl (C=O) groups excluding carboxylic acids is 3. The maximum atomic E-state index is 12.1. The molecule has 2 aliphatic rings. The molecule has 2 rings (SSSR count). The number of thioether (sulfide) groups is 1. The minimum atomic E-state index is -4.35. The van der Waals surface area contributed by atoms with Gasteiger partial charge < -0.3 is 31.1 Å². The highest BCUT2D eigenvalue weighted by molar-refractivity contribution is 8.00. The second-order valence-corrected chi connectivity index (χ2v) is 11.8. The van der Waals surface area contributed by atoms with E-state index in [4.69, 9.17) is 10.2 Å². The van der Waals surface area contributed by atoms with Crippen molar-refractivity contribution in [2.24, 2.45) is 0 Å². The molecule has 2 heterocycles. The summed E-state index contributed by atoms with van der Waals surface area (Å²) in [6.07, 6.45) is 6.28. The molecule has 2 saturated heterocycles. The molecule has 3 amide bonds. The standard InChI is InChI=1S/C22H40N3O9PS/c26-13-17(28)14-34-35(31,32)33-12-11-23-20(29)10-4-2-1-3-7-16(27)8-5-6-9-19-21-18(15-36-19)24-22(30)25-21/h17-19,21,26,28H,1-15H2,(H,23,29)(H,31,32)(H2,24,25,30). The van der Waals surface area contributed by atoms with E-state index in [1.807, 2.05) is 11.8 Å². The summed E-state index contributed by atoms with van der Waals surface area (Å²) in [7, 11) is -4.35. The van der Waals surface area contributed by atoms with Crippen LogP contribution in [0.4, 0.5) is 4.79 Å². The van der Waals surface area contributed by atoms with Gasteiger partial charge in [0.2, 0.25) is 5.91 Å². The van der Waals surface area contributed by atoms with Crippen LogP contribution in [0.5, 0.6) is 0 Å². The Labute approximate surface area is 216 Å². The first-order chi connectivity index (χ1) is 17.2. The van der Waals surface area contributed by atoms with Gasteiger partial charge in [-0.2, -0.15) is 11.8 Å². The number of phosphoric ester groups is 1. The molecule has 0 aliphatic carbocycles. The van der Waals surface area contributed by atoms with Crippen LogP contribution in [-0.2, 0) is 23.2 Å². The highest BCUT2D eigenvalue weighted by Gasteiger charge is 2.42. The first-order valence-electron chi connectivity index (χ1n) is 12.6. The molecular formula is C22H40N3O9PS. The van der Waals surface area contributed by atoms with E-state index >= 15 is 0 Å². The zero-order valence-corrected chi connectivity index (χ0v) is 22.3. The number of Topliss-reactive ketones (excluding diaryl/α,β-unsaturated/α-hetero) is 1. The summed E-state index contributed by atoms with van der Waals surface area (Å²) < 4.78 is 20.7. The van der Waals surface area contributed by atoms with E-state index in [2.05, 4.69) is 25.0 Å². The van der Waals surface area contributed by atoms with Gasteiger partial charge in [-0.1, -0.05) is 19.3 Å². The minimum Gasteiger partial charge on any atom is -0.394 e. The number of ketones is 1. The third-order valence-corrected chi connectivity index (χ3v) is 8.55. The summed E-state index contributed by atoms with van der Waals surface area (Å²) in [6, 6.07) is 0.378. The number of rotatable bonds is 20. The Morgan fingerprint density at radius 1 is 1.08 bits per heavy atom. The molecule has 0 spiro atoms. The third-order valence-electron chi connectivity index (χ3n) is 6.06. The van der Waals surface area contributed by atoms with Gasteiger partial charge in [0, 0.05) is 36.8 Å². The Bertz CT molecular complexity index is 760. The van der Waals surface area contributed by atoms with Gasteiger partial charge in [-0.15, -0.1) is 0 Å². The number of nitrogens with one attached hydrogen (secondary N) is 3. The lowest BCUT2D eigenvalue weighted by Gasteiger charge is -2.16. The van der Waals surface area contributed by atoms with Crippen LogP contribution in [-0.4, -0.2) is 88.4 Å². The van der Waals surface area contributed by atoms with Gasteiger partial charge in [0.05, 0.1) is 31.9 Å². The molecule has 0 aromatic heterocycles. The van der Waals surface area contributed by atoms with Crippen LogP contribution in [0.15, 0.2) is 0 Å². The Balaban J connectivity index is 1.38. The number of carbonyl (C=O) groups is 3. The van der Waals surface area contributed by atoms with Crippen LogP contribution in [0.1, 0.15) is 64.2 Å². The van der Waals surface area contributed by atoms with E-state index in [9.17, 15) is 23.8 Å². The van der Waals surface area contributed by atoms with Crippen molar-refractivity contribution in [2.75, 3.05) is 32.1 Å². The van der Waals surface area contributed by atoms with Crippen molar-refractivity contribution in [3.05, 3.63) is 0 Å². The molecule has 5 unspecified atom stereocenters. The number of phosphoric acid groups is 1. The lowest BCUT2D eigenvalue weighted by molar-refractivity contribution is -0.121. The number of fused-ring (bicyclic) bond motifs is 1. The van der Waals surface area contributed by atoms with E-state index < -0.39 is 27.1 Å². The van der Waals surface area contributed by atoms with Gasteiger partial charge in [0.15, 0.2) is 0 Å². The molecule has 0 saturated carbocycles. The van der Waals surface area contributed by atoms with Crippen molar-refractivity contribution in [3.63, 3.8) is 0 Å². The number of aliphatic hydroxyl groups is 2. The molecule has 6 N–H and O–H groups in total. The number of hydrogen-bond acceptors (Lipinski definition) is 9. The highest BCUT2D eigenvalue weighted by Crippen LogP contribution is 2.42. The van der Waals surface area contributed by atoms with Crippen molar-refractivity contribution in [1.82, 2.24) is 16.0 Å². The van der Waals surface area contributed by atoms with Gasteiger partial charge in [-0.05, 0) is 25.7 Å². The fourth-order valence-corrected chi connectivity index (χ4v) is 6.41. The maximum Gasteiger partial charge on any atom is 0.472 e. The third kappa shape index (κ3) is 12.4. The number of amides is 3. The fraction of sp³-hybridized carbons (Fsp3) is 0.864. The summed E-state index contributed by atoms with van der Waals surface area (Å²) in [4.78, 5) is 44.7. The molecule has 208 valence electrons. The molecule has 0 radical (unpaired) electrons. The SMILES string of the molecule is O=C(CCCCCCC(=O)NCCOP(=O)(O)OCC(O)CO)CCCCC1SCC2NC(=O)NC21. The highest BCUT2D eigenvalue weighted by atomic mass is 32.2.